The number of nitrogens with two attached hydrogens (primary N) is 1. The van der Waals surface area contributed by atoms with Gasteiger partial charge in [-0.1, -0.05) is 38.3 Å². The molecule has 4 nitrogen and oxygen atoms in total. The van der Waals surface area contributed by atoms with Crippen molar-refractivity contribution in [1.29, 1.82) is 0 Å². The van der Waals surface area contributed by atoms with Gasteiger partial charge >= 0.3 is 0 Å². The molecule has 1 aliphatic carbocycles. The number of nitrogens with zero attached hydrogens (tertiary/aromatic N) is 1. The molecule has 2 rings (SSSR count). The molecule has 0 atom stereocenters. The Morgan fingerprint density at radius 3 is 2.48 bits per heavy atom. The van der Waals surface area contributed by atoms with E-state index in [9.17, 15) is 8.42 Å². The normalized spacial score (nSPS) is 16.8. The highest BCUT2D eigenvalue weighted by Crippen LogP contribution is 2.30. The second kappa shape index (κ2) is 7.16. The largest absolute Gasteiger partial charge is 0.397 e. The number of benzene rings is 1. The summed E-state index contributed by atoms with van der Waals surface area (Å²) in [5.41, 5.74) is 7.12. The van der Waals surface area contributed by atoms with E-state index in [1.54, 1.807) is 12.1 Å². The molecule has 0 saturated heterocycles. The molecule has 0 unspecified atom stereocenters. The SMILES string of the molecule is CCCN(c1ccccc1N)S(=O)(=O)CC1CCCCC1. The Kier molecular flexibility index (Phi) is 5.51. The van der Waals surface area contributed by atoms with Gasteiger partial charge in [-0.05, 0) is 37.3 Å². The van der Waals surface area contributed by atoms with Gasteiger partial charge in [0, 0.05) is 6.54 Å². The lowest BCUT2D eigenvalue weighted by molar-refractivity contribution is 0.384. The topological polar surface area (TPSA) is 63.4 Å². The number of hydrogen-bond acceptors (Lipinski definition) is 3. The Hall–Kier alpha value is -1.23. The number of para-hydroxylation sites is 2. The fourth-order valence-electron chi connectivity index (χ4n) is 3.07. The van der Waals surface area contributed by atoms with Gasteiger partial charge in [0.25, 0.3) is 0 Å². The molecule has 0 aromatic heterocycles. The molecule has 0 radical (unpaired) electrons. The summed E-state index contributed by atoms with van der Waals surface area (Å²) >= 11 is 0. The lowest BCUT2D eigenvalue weighted by Gasteiger charge is -2.29. The van der Waals surface area contributed by atoms with Crippen LogP contribution in [0.5, 0.6) is 0 Å². The molecule has 5 heteroatoms. The third-order valence-corrected chi connectivity index (χ3v) is 6.08. The molecule has 1 saturated carbocycles. The first kappa shape index (κ1) is 16.1. The molecule has 1 fully saturated rings. The Balaban J connectivity index is 2.21. The highest BCUT2D eigenvalue weighted by molar-refractivity contribution is 7.92. The lowest BCUT2D eigenvalue weighted by Crippen LogP contribution is -2.36. The molecule has 0 heterocycles. The van der Waals surface area contributed by atoms with Crippen LogP contribution in [0.4, 0.5) is 11.4 Å². The van der Waals surface area contributed by atoms with E-state index in [0.29, 0.717) is 23.8 Å². The third-order valence-electron chi connectivity index (χ3n) is 4.14. The number of sulfonamides is 1. The molecule has 0 aliphatic heterocycles. The summed E-state index contributed by atoms with van der Waals surface area (Å²) in [5.74, 6) is 0.550. The van der Waals surface area contributed by atoms with Gasteiger partial charge in [-0.3, -0.25) is 4.31 Å². The van der Waals surface area contributed by atoms with Crippen LogP contribution in [0.15, 0.2) is 24.3 Å². The minimum atomic E-state index is -3.31. The van der Waals surface area contributed by atoms with Crippen molar-refractivity contribution in [3.8, 4) is 0 Å². The van der Waals surface area contributed by atoms with Crippen molar-refractivity contribution in [2.24, 2.45) is 5.92 Å². The summed E-state index contributed by atoms with van der Waals surface area (Å²) in [4.78, 5) is 0. The van der Waals surface area contributed by atoms with E-state index in [1.165, 1.54) is 10.7 Å². The summed E-state index contributed by atoms with van der Waals surface area (Å²) in [6.07, 6.45) is 6.38. The van der Waals surface area contributed by atoms with Crippen LogP contribution in [0.3, 0.4) is 0 Å². The second-order valence-electron chi connectivity index (χ2n) is 5.91. The number of nitrogen functional groups attached to an aromatic ring is 1. The molecule has 1 aliphatic rings. The molecule has 0 amide bonds. The fraction of sp³-hybridized carbons (Fsp3) is 0.625. The monoisotopic (exact) mass is 310 g/mol. The third kappa shape index (κ3) is 4.13. The van der Waals surface area contributed by atoms with Crippen LogP contribution >= 0.6 is 0 Å². The zero-order valence-electron chi connectivity index (χ0n) is 12.8. The van der Waals surface area contributed by atoms with Gasteiger partial charge in [0.05, 0.1) is 17.1 Å². The molecule has 21 heavy (non-hydrogen) atoms. The first-order valence-electron chi connectivity index (χ1n) is 7.89. The molecule has 1 aromatic rings. The molecular formula is C16H26N2O2S. The molecule has 2 N–H and O–H groups in total. The van der Waals surface area contributed by atoms with Gasteiger partial charge in [0.1, 0.15) is 0 Å². The van der Waals surface area contributed by atoms with Crippen molar-refractivity contribution in [1.82, 2.24) is 0 Å². The van der Waals surface area contributed by atoms with Gasteiger partial charge in [-0.15, -0.1) is 0 Å². The summed E-state index contributed by atoms with van der Waals surface area (Å²) in [6, 6.07) is 7.22. The van der Waals surface area contributed by atoms with Crippen LogP contribution in [0.1, 0.15) is 45.4 Å². The maximum absolute atomic E-state index is 12.8. The summed E-state index contributed by atoms with van der Waals surface area (Å²) in [6.45, 7) is 2.48. The average Bonchev–Trinajstić information content (AvgIpc) is 2.46. The zero-order valence-corrected chi connectivity index (χ0v) is 13.6. The molecule has 118 valence electrons. The molecule has 0 spiro atoms. The predicted octanol–water partition coefficient (Wildman–Crippen LogP) is 3.40. The quantitative estimate of drug-likeness (QED) is 0.819. The summed E-state index contributed by atoms with van der Waals surface area (Å²) in [5, 5.41) is 0. The Morgan fingerprint density at radius 2 is 1.86 bits per heavy atom. The Labute approximate surface area is 128 Å². The van der Waals surface area contributed by atoms with Crippen LogP contribution in [-0.2, 0) is 10.0 Å². The van der Waals surface area contributed by atoms with Crippen LogP contribution in [0.2, 0.25) is 0 Å². The van der Waals surface area contributed by atoms with E-state index >= 15 is 0 Å². The summed E-state index contributed by atoms with van der Waals surface area (Å²) in [7, 11) is -3.31. The Bertz CT molecular complexity index is 551. The number of hydrogen-bond donors (Lipinski definition) is 1. The predicted molar refractivity (Wildman–Crippen MR) is 88.9 cm³/mol. The first-order chi connectivity index (χ1) is 10.0. The smallest absolute Gasteiger partial charge is 0.235 e. The Morgan fingerprint density at radius 1 is 1.19 bits per heavy atom. The fourth-order valence-corrected chi connectivity index (χ4v) is 5.10. The van der Waals surface area contributed by atoms with E-state index in [-0.39, 0.29) is 5.75 Å². The van der Waals surface area contributed by atoms with Crippen LogP contribution in [0.25, 0.3) is 0 Å². The van der Waals surface area contributed by atoms with Crippen molar-refractivity contribution >= 4 is 21.4 Å². The van der Waals surface area contributed by atoms with Gasteiger partial charge in [-0.25, -0.2) is 8.42 Å². The molecular weight excluding hydrogens is 284 g/mol. The van der Waals surface area contributed by atoms with Crippen LogP contribution in [0, 0.1) is 5.92 Å². The average molecular weight is 310 g/mol. The van der Waals surface area contributed by atoms with E-state index in [1.807, 2.05) is 19.1 Å². The van der Waals surface area contributed by atoms with Crippen LogP contribution in [-0.4, -0.2) is 20.7 Å². The summed E-state index contributed by atoms with van der Waals surface area (Å²) < 4.78 is 27.1. The zero-order chi connectivity index (χ0) is 15.3. The van der Waals surface area contributed by atoms with Gasteiger partial charge < -0.3 is 5.73 Å². The standard InChI is InChI=1S/C16H26N2O2S/c1-2-12-18(16-11-7-6-10-15(16)17)21(19,20)13-14-8-4-3-5-9-14/h6-7,10-11,14H,2-5,8-9,12-13,17H2,1H3. The highest BCUT2D eigenvalue weighted by atomic mass is 32.2. The molecule has 1 aromatic carbocycles. The number of anilines is 2. The van der Waals surface area contributed by atoms with Gasteiger partial charge in [-0.2, -0.15) is 0 Å². The van der Waals surface area contributed by atoms with Crippen molar-refractivity contribution in [3.05, 3.63) is 24.3 Å². The van der Waals surface area contributed by atoms with E-state index < -0.39 is 10.0 Å². The lowest BCUT2D eigenvalue weighted by atomic mass is 9.91. The van der Waals surface area contributed by atoms with Gasteiger partial charge in [0.15, 0.2) is 0 Å². The van der Waals surface area contributed by atoms with Crippen molar-refractivity contribution in [2.45, 2.75) is 45.4 Å². The van der Waals surface area contributed by atoms with Crippen molar-refractivity contribution in [3.63, 3.8) is 0 Å². The van der Waals surface area contributed by atoms with E-state index in [0.717, 1.165) is 32.1 Å². The van der Waals surface area contributed by atoms with E-state index in [2.05, 4.69) is 0 Å². The van der Waals surface area contributed by atoms with Crippen molar-refractivity contribution < 1.29 is 8.42 Å². The maximum atomic E-state index is 12.8. The minimum absolute atomic E-state index is 0.251. The van der Waals surface area contributed by atoms with Crippen LogP contribution < -0.4 is 10.0 Å². The first-order valence-corrected chi connectivity index (χ1v) is 9.50. The number of rotatable bonds is 6. The molecule has 0 bridgehead atoms. The van der Waals surface area contributed by atoms with E-state index in [4.69, 9.17) is 5.73 Å². The van der Waals surface area contributed by atoms with Crippen molar-refractivity contribution in [2.75, 3.05) is 22.3 Å². The minimum Gasteiger partial charge on any atom is -0.397 e. The highest BCUT2D eigenvalue weighted by Gasteiger charge is 2.28. The maximum Gasteiger partial charge on any atom is 0.235 e. The second-order valence-corrected chi connectivity index (χ2v) is 7.85. The van der Waals surface area contributed by atoms with Gasteiger partial charge in [0.2, 0.25) is 10.0 Å².